The number of carbonyl (C=O) groups excluding carboxylic acids is 2. The van der Waals surface area contributed by atoms with E-state index in [2.05, 4.69) is 15.5 Å². The molecule has 0 saturated heterocycles. The van der Waals surface area contributed by atoms with Crippen LogP contribution in [0.15, 0.2) is 29.4 Å². The first kappa shape index (κ1) is 26.5. The summed E-state index contributed by atoms with van der Waals surface area (Å²) < 4.78 is 13.0. The molecule has 0 aliphatic heterocycles. The van der Waals surface area contributed by atoms with E-state index in [1.54, 1.807) is 12.1 Å². The van der Waals surface area contributed by atoms with Crippen molar-refractivity contribution in [2.24, 2.45) is 0 Å². The van der Waals surface area contributed by atoms with E-state index in [4.69, 9.17) is 21.1 Å². The fourth-order valence-electron chi connectivity index (χ4n) is 4.23. The Morgan fingerprint density at radius 2 is 2.00 bits per heavy atom. The first-order valence-electron chi connectivity index (χ1n) is 11.9. The molecular weight excluding hydrogens is 520 g/mol. The SMILES string of the molecule is CCn1c(SCC(=O)Nc2sc3c(c2C(=O)OC)CCCCC3)nnc1C(C)Oc1ccccc1Cl. The third-order valence-corrected chi connectivity index (χ3v) is 8.45. The van der Waals surface area contributed by atoms with Crippen molar-refractivity contribution >= 4 is 51.6 Å². The van der Waals surface area contributed by atoms with Gasteiger partial charge in [0.05, 0.1) is 23.4 Å². The second kappa shape index (κ2) is 12.1. The molecule has 4 rings (SSSR count). The second-order valence-corrected chi connectivity index (χ2v) is 10.8. The van der Waals surface area contributed by atoms with Crippen molar-refractivity contribution in [3.63, 3.8) is 0 Å². The van der Waals surface area contributed by atoms with Gasteiger partial charge < -0.3 is 19.4 Å². The number of halogens is 1. The number of para-hydroxylation sites is 1. The van der Waals surface area contributed by atoms with Gasteiger partial charge in [0.25, 0.3) is 0 Å². The van der Waals surface area contributed by atoms with Gasteiger partial charge in [0.15, 0.2) is 17.1 Å². The fraction of sp³-hybridized carbons (Fsp3) is 0.440. The van der Waals surface area contributed by atoms with Gasteiger partial charge in [-0.1, -0.05) is 41.9 Å². The molecular formula is C25H29ClN4O4S2. The Morgan fingerprint density at radius 3 is 2.75 bits per heavy atom. The van der Waals surface area contributed by atoms with Crippen molar-refractivity contribution in [2.75, 3.05) is 18.2 Å². The molecule has 2 heterocycles. The van der Waals surface area contributed by atoms with Gasteiger partial charge in [0.2, 0.25) is 5.91 Å². The molecule has 192 valence electrons. The summed E-state index contributed by atoms with van der Waals surface area (Å²) in [4.78, 5) is 26.6. The number of rotatable bonds is 9. The van der Waals surface area contributed by atoms with Crippen LogP contribution >= 0.6 is 34.7 Å². The number of anilines is 1. The lowest BCUT2D eigenvalue weighted by molar-refractivity contribution is -0.113. The van der Waals surface area contributed by atoms with Gasteiger partial charge in [-0.2, -0.15) is 0 Å². The monoisotopic (exact) mass is 548 g/mol. The quantitative estimate of drug-likeness (QED) is 0.201. The maximum Gasteiger partial charge on any atom is 0.341 e. The smallest absolute Gasteiger partial charge is 0.341 e. The molecule has 3 aromatic rings. The summed E-state index contributed by atoms with van der Waals surface area (Å²) in [6, 6.07) is 7.27. The van der Waals surface area contributed by atoms with Crippen molar-refractivity contribution < 1.29 is 19.1 Å². The number of fused-ring (bicyclic) bond motifs is 1. The summed E-state index contributed by atoms with van der Waals surface area (Å²) in [5.41, 5.74) is 1.53. The largest absolute Gasteiger partial charge is 0.481 e. The van der Waals surface area contributed by atoms with Crippen LogP contribution in [0.2, 0.25) is 5.02 Å². The lowest BCUT2D eigenvalue weighted by Crippen LogP contribution is -2.17. The van der Waals surface area contributed by atoms with Crippen LogP contribution in [0.25, 0.3) is 0 Å². The summed E-state index contributed by atoms with van der Waals surface area (Å²) in [7, 11) is 1.37. The number of carbonyl (C=O) groups is 2. The molecule has 0 radical (unpaired) electrons. The number of ether oxygens (including phenoxy) is 2. The number of esters is 1. The summed E-state index contributed by atoms with van der Waals surface area (Å²) >= 11 is 9.00. The van der Waals surface area contributed by atoms with Crippen molar-refractivity contribution in [1.82, 2.24) is 14.8 Å². The molecule has 8 nitrogen and oxygen atoms in total. The first-order chi connectivity index (χ1) is 17.4. The minimum Gasteiger partial charge on any atom is -0.481 e. The summed E-state index contributed by atoms with van der Waals surface area (Å²) in [5.74, 6) is 0.729. The maximum absolute atomic E-state index is 12.9. The number of benzene rings is 1. The molecule has 0 bridgehead atoms. The van der Waals surface area contributed by atoms with Gasteiger partial charge in [-0.25, -0.2) is 4.79 Å². The molecule has 11 heteroatoms. The Labute approximate surface area is 223 Å². The van der Waals surface area contributed by atoms with E-state index in [0.717, 1.165) is 37.7 Å². The Balaban J connectivity index is 1.44. The van der Waals surface area contributed by atoms with E-state index < -0.39 is 5.97 Å². The molecule has 0 fully saturated rings. The average molecular weight is 549 g/mol. The second-order valence-electron chi connectivity index (χ2n) is 8.37. The predicted molar refractivity (Wildman–Crippen MR) is 142 cm³/mol. The van der Waals surface area contributed by atoms with E-state index in [0.29, 0.717) is 38.9 Å². The van der Waals surface area contributed by atoms with Crippen LogP contribution in [0.3, 0.4) is 0 Å². The molecule has 1 aromatic carbocycles. The number of thioether (sulfide) groups is 1. The zero-order valence-corrected chi connectivity index (χ0v) is 22.9. The van der Waals surface area contributed by atoms with Crippen LogP contribution < -0.4 is 10.1 Å². The molecule has 1 amide bonds. The molecule has 36 heavy (non-hydrogen) atoms. The lowest BCUT2D eigenvalue weighted by Gasteiger charge is -2.16. The van der Waals surface area contributed by atoms with Crippen LogP contribution in [0.1, 0.15) is 65.8 Å². The van der Waals surface area contributed by atoms with Crippen LogP contribution in [0.5, 0.6) is 5.75 Å². The van der Waals surface area contributed by atoms with Crippen LogP contribution in [-0.2, 0) is 28.9 Å². The predicted octanol–water partition coefficient (Wildman–Crippen LogP) is 5.94. The number of aromatic nitrogens is 3. The van der Waals surface area contributed by atoms with Gasteiger partial charge in [0, 0.05) is 11.4 Å². The number of methoxy groups -OCH3 is 1. The highest BCUT2D eigenvalue weighted by atomic mass is 35.5. The third kappa shape index (κ3) is 5.87. The van der Waals surface area contributed by atoms with E-state index in [9.17, 15) is 9.59 Å². The highest BCUT2D eigenvalue weighted by Gasteiger charge is 2.27. The van der Waals surface area contributed by atoms with Crippen molar-refractivity contribution in [3.8, 4) is 5.75 Å². The summed E-state index contributed by atoms with van der Waals surface area (Å²) in [5, 5.41) is 13.2. The Kier molecular flexibility index (Phi) is 8.92. The molecule has 0 spiro atoms. The van der Waals surface area contributed by atoms with Gasteiger partial charge in [0.1, 0.15) is 10.8 Å². The van der Waals surface area contributed by atoms with Crippen molar-refractivity contribution in [2.45, 2.75) is 63.8 Å². The lowest BCUT2D eigenvalue weighted by atomic mass is 10.1. The number of hydrogen-bond donors (Lipinski definition) is 1. The van der Waals surface area contributed by atoms with Gasteiger partial charge in [-0.15, -0.1) is 21.5 Å². The fourth-order valence-corrected chi connectivity index (χ4v) is 6.51. The minimum absolute atomic E-state index is 0.126. The van der Waals surface area contributed by atoms with Gasteiger partial charge in [-0.3, -0.25) is 4.79 Å². The van der Waals surface area contributed by atoms with Crippen molar-refractivity contribution in [3.05, 3.63) is 51.1 Å². The standard InChI is InChI=1S/C25H29ClN4O4S2/c1-4-30-22(15(2)34-18-12-9-8-11-17(18)26)28-29-25(30)35-14-20(31)27-23-21(24(32)33-3)16-10-6-5-7-13-19(16)36-23/h8-9,11-12,15H,4-7,10,13-14H2,1-3H3,(H,27,31). The van der Waals surface area contributed by atoms with Crippen LogP contribution in [0.4, 0.5) is 5.00 Å². The average Bonchev–Trinajstić information content (AvgIpc) is 3.36. The Hall–Kier alpha value is -2.56. The van der Waals surface area contributed by atoms with E-state index in [1.807, 2.05) is 30.5 Å². The third-order valence-electron chi connectivity index (χ3n) is 5.96. The molecule has 1 aliphatic rings. The first-order valence-corrected chi connectivity index (χ1v) is 14.1. The number of thiophene rings is 1. The van der Waals surface area contributed by atoms with Gasteiger partial charge >= 0.3 is 5.97 Å². The van der Waals surface area contributed by atoms with Crippen molar-refractivity contribution in [1.29, 1.82) is 0 Å². The summed E-state index contributed by atoms with van der Waals surface area (Å²) in [6.07, 6.45) is 4.63. The maximum atomic E-state index is 12.9. The zero-order chi connectivity index (χ0) is 25.7. The number of amides is 1. The zero-order valence-electron chi connectivity index (χ0n) is 20.5. The number of nitrogens with zero attached hydrogens (tertiary/aromatic N) is 3. The molecule has 1 N–H and O–H groups in total. The molecule has 1 atom stereocenters. The summed E-state index contributed by atoms with van der Waals surface area (Å²) in [6.45, 7) is 4.49. The molecule has 0 saturated carbocycles. The van der Waals surface area contributed by atoms with E-state index in [1.165, 1.54) is 35.1 Å². The molecule has 2 aromatic heterocycles. The van der Waals surface area contributed by atoms with Crippen LogP contribution in [-0.4, -0.2) is 39.5 Å². The van der Waals surface area contributed by atoms with Crippen LogP contribution in [0, 0.1) is 0 Å². The highest BCUT2D eigenvalue weighted by Crippen LogP contribution is 2.38. The number of hydrogen-bond acceptors (Lipinski definition) is 8. The molecule has 1 unspecified atom stereocenters. The highest BCUT2D eigenvalue weighted by molar-refractivity contribution is 7.99. The topological polar surface area (TPSA) is 95.3 Å². The van der Waals surface area contributed by atoms with Gasteiger partial charge in [-0.05, 0) is 57.2 Å². The van der Waals surface area contributed by atoms with E-state index in [-0.39, 0.29) is 17.8 Å². The number of nitrogens with one attached hydrogen (secondary N) is 1. The minimum atomic E-state index is -0.403. The normalized spacial score (nSPS) is 14.0. The molecule has 1 aliphatic carbocycles. The van der Waals surface area contributed by atoms with E-state index >= 15 is 0 Å². The Bertz CT molecular complexity index is 1240. The number of aryl methyl sites for hydroxylation is 1. The Morgan fingerprint density at radius 1 is 1.22 bits per heavy atom.